The highest BCUT2D eigenvalue weighted by Gasteiger charge is 2.14. The number of esters is 1. The van der Waals surface area contributed by atoms with Gasteiger partial charge in [-0.2, -0.15) is 0 Å². The van der Waals surface area contributed by atoms with E-state index in [0.29, 0.717) is 11.1 Å². The van der Waals surface area contributed by atoms with Crippen LogP contribution in [0.5, 0.6) is 0 Å². The molecule has 0 amide bonds. The lowest BCUT2D eigenvalue weighted by atomic mass is 10.0. The van der Waals surface area contributed by atoms with E-state index >= 15 is 0 Å². The van der Waals surface area contributed by atoms with Gasteiger partial charge < -0.3 is 9.84 Å². The van der Waals surface area contributed by atoms with Gasteiger partial charge in [-0.15, -0.1) is 0 Å². The summed E-state index contributed by atoms with van der Waals surface area (Å²) in [7, 11) is 0. The van der Waals surface area contributed by atoms with Crippen molar-refractivity contribution in [2.24, 2.45) is 0 Å². The quantitative estimate of drug-likeness (QED) is 0.847. The largest absolute Gasteiger partial charge is 0.459 e. The van der Waals surface area contributed by atoms with Crippen molar-refractivity contribution in [3.63, 3.8) is 0 Å². The van der Waals surface area contributed by atoms with Gasteiger partial charge in [-0.3, -0.25) is 0 Å². The van der Waals surface area contributed by atoms with Gasteiger partial charge in [0.1, 0.15) is 12.7 Å². The van der Waals surface area contributed by atoms with E-state index in [1.807, 2.05) is 24.3 Å². The van der Waals surface area contributed by atoms with Crippen molar-refractivity contribution in [1.29, 1.82) is 0 Å². The molecular weight excluding hydrogens is 252 g/mol. The molecule has 0 aromatic heterocycles. The zero-order valence-electron chi connectivity index (χ0n) is 11.0. The number of aliphatic hydroxyl groups excluding tert-OH is 1. The first-order valence-electron chi connectivity index (χ1n) is 6.34. The van der Waals surface area contributed by atoms with Crippen molar-refractivity contribution in [3.05, 3.63) is 77.9 Å². The lowest BCUT2D eigenvalue weighted by molar-refractivity contribution is 0.0253. The Labute approximate surface area is 118 Å². The third-order valence-electron chi connectivity index (χ3n) is 2.96. The van der Waals surface area contributed by atoms with Crippen LogP contribution in [-0.4, -0.2) is 17.7 Å². The van der Waals surface area contributed by atoms with Crippen molar-refractivity contribution in [3.8, 4) is 0 Å². The van der Waals surface area contributed by atoms with Gasteiger partial charge in [0.25, 0.3) is 0 Å². The smallest absolute Gasteiger partial charge is 0.338 e. The summed E-state index contributed by atoms with van der Waals surface area (Å²) in [6.07, 6.45) is 0.800. The maximum absolute atomic E-state index is 11.8. The van der Waals surface area contributed by atoms with Crippen LogP contribution in [0.25, 0.3) is 6.08 Å². The molecule has 1 N–H and O–H groups in total. The highest BCUT2D eigenvalue weighted by molar-refractivity contribution is 5.89. The number of aliphatic hydroxyl groups is 1. The number of hydrogen-bond donors (Lipinski definition) is 1. The molecule has 1 atom stereocenters. The van der Waals surface area contributed by atoms with Gasteiger partial charge in [-0.25, -0.2) is 4.79 Å². The summed E-state index contributed by atoms with van der Waals surface area (Å²) in [5.41, 5.74) is 2.00. The molecule has 3 heteroatoms. The molecule has 2 aromatic rings. The molecule has 0 aliphatic heterocycles. The average molecular weight is 268 g/mol. The first-order chi connectivity index (χ1) is 9.72. The van der Waals surface area contributed by atoms with Crippen LogP contribution in [0.4, 0.5) is 0 Å². The summed E-state index contributed by atoms with van der Waals surface area (Å²) in [5, 5.41) is 10.1. The number of benzene rings is 2. The molecule has 102 valence electrons. The highest BCUT2D eigenvalue weighted by atomic mass is 16.5. The Balaban J connectivity index is 2.00. The summed E-state index contributed by atoms with van der Waals surface area (Å²) >= 11 is 0. The molecule has 0 saturated heterocycles. The maximum Gasteiger partial charge on any atom is 0.338 e. The number of carbonyl (C=O) groups excluding carboxylic acids is 1. The average Bonchev–Trinajstić information content (AvgIpc) is 2.53. The third-order valence-corrected chi connectivity index (χ3v) is 2.96. The molecule has 2 rings (SSSR count). The number of rotatable bonds is 5. The second-order valence-corrected chi connectivity index (χ2v) is 4.31. The molecule has 0 radical (unpaired) electrons. The van der Waals surface area contributed by atoms with Gasteiger partial charge >= 0.3 is 5.97 Å². The van der Waals surface area contributed by atoms with E-state index in [1.165, 1.54) is 0 Å². The summed E-state index contributed by atoms with van der Waals surface area (Å²) in [5.74, 6) is -0.444. The molecule has 0 aliphatic rings. The second kappa shape index (κ2) is 6.68. The lowest BCUT2D eigenvalue weighted by Crippen LogP contribution is -2.13. The lowest BCUT2D eigenvalue weighted by Gasteiger charge is -2.14. The first-order valence-corrected chi connectivity index (χ1v) is 6.34. The Bertz CT molecular complexity index is 590. The highest BCUT2D eigenvalue weighted by Crippen LogP contribution is 2.19. The van der Waals surface area contributed by atoms with Crippen molar-refractivity contribution in [2.45, 2.75) is 6.10 Å². The van der Waals surface area contributed by atoms with E-state index in [0.717, 1.165) is 5.56 Å². The van der Waals surface area contributed by atoms with Crippen LogP contribution in [0.3, 0.4) is 0 Å². The Morgan fingerprint density at radius 2 is 1.80 bits per heavy atom. The Hall–Kier alpha value is -2.39. The minimum atomic E-state index is -0.864. The fraction of sp³-hybridized carbons (Fsp3) is 0.118. The van der Waals surface area contributed by atoms with E-state index in [-0.39, 0.29) is 6.61 Å². The predicted molar refractivity (Wildman–Crippen MR) is 78.2 cm³/mol. The number of ether oxygens (including phenoxy) is 1. The van der Waals surface area contributed by atoms with Crippen LogP contribution in [0.15, 0.2) is 61.2 Å². The molecule has 0 heterocycles. The maximum atomic E-state index is 11.8. The van der Waals surface area contributed by atoms with Crippen molar-refractivity contribution in [2.75, 3.05) is 6.61 Å². The fourth-order valence-corrected chi connectivity index (χ4v) is 1.90. The van der Waals surface area contributed by atoms with Crippen molar-refractivity contribution < 1.29 is 14.6 Å². The number of hydrogen-bond acceptors (Lipinski definition) is 3. The van der Waals surface area contributed by atoms with E-state index in [1.54, 1.807) is 36.4 Å². The SMILES string of the molecule is C=Cc1ccccc1C(O)COC(=O)c1ccccc1. The van der Waals surface area contributed by atoms with Gasteiger partial charge in [0.2, 0.25) is 0 Å². The van der Waals surface area contributed by atoms with Crippen LogP contribution in [0.1, 0.15) is 27.6 Å². The molecule has 20 heavy (non-hydrogen) atoms. The minimum Gasteiger partial charge on any atom is -0.459 e. The zero-order chi connectivity index (χ0) is 14.4. The molecule has 0 bridgehead atoms. The molecule has 0 aliphatic carbocycles. The number of carbonyl (C=O) groups is 1. The molecule has 1 unspecified atom stereocenters. The van der Waals surface area contributed by atoms with E-state index in [2.05, 4.69) is 6.58 Å². The van der Waals surface area contributed by atoms with Gasteiger partial charge in [-0.05, 0) is 23.3 Å². The second-order valence-electron chi connectivity index (χ2n) is 4.31. The Morgan fingerprint density at radius 1 is 1.15 bits per heavy atom. The molecule has 0 saturated carbocycles. The summed E-state index contributed by atoms with van der Waals surface area (Å²) in [6, 6.07) is 16.0. The van der Waals surface area contributed by atoms with Crippen molar-refractivity contribution >= 4 is 12.0 Å². The van der Waals surface area contributed by atoms with Crippen LogP contribution in [0.2, 0.25) is 0 Å². The van der Waals surface area contributed by atoms with Gasteiger partial charge in [0.15, 0.2) is 0 Å². The standard InChI is InChI=1S/C17H16O3/c1-2-13-8-6-7-11-15(13)16(18)12-20-17(19)14-9-4-3-5-10-14/h2-11,16,18H,1,12H2. The van der Waals surface area contributed by atoms with Crippen LogP contribution < -0.4 is 0 Å². The summed E-state index contributed by atoms with van der Waals surface area (Å²) in [6.45, 7) is 3.61. The molecule has 3 nitrogen and oxygen atoms in total. The van der Waals surface area contributed by atoms with Crippen molar-refractivity contribution in [1.82, 2.24) is 0 Å². The van der Waals surface area contributed by atoms with E-state index < -0.39 is 12.1 Å². The topological polar surface area (TPSA) is 46.5 Å². The molecule has 0 spiro atoms. The van der Waals surface area contributed by atoms with Gasteiger partial charge in [0, 0.05) is 0 Å². The molecular formula is C17H16O3. The first kappa shape index (κ1) is 14.0. The van der Waals surface area contributed by atoms with Gasteiger partial charge in [0.05, 0.1) is 5.56 Å². The predicted octanol–water partition coefficient (Wildman–Crippen LogP) is 3.22. The van der Waals surface area contributed by atoms with E-state index in [4.69, 9.17) is 4.74 Å². The van der Waals surface area contributed by atoms with E-state index in [9.17, 15) is 9.90 Å². The third kappa shape index (κ3) is 3.33. The summed E-state index contributed by atoms with van der Waals surface area (Å²) in [4.78, 5) is 11.8. The van der Waals surface area contributed by atoms with Crippen LogP contribution in [0, 0.1) is 0 Å². The van der Waals surface area contributed by atoms with Crippen LogP contribution >= 0.6 is 0 Å². The molecule has 2 aromatic carbocycles. The monoisotopic (exact) mass is 268 g/mol. The Kier molecular flexibility index (Phi) is 4.69. The zero-order valence-corrected chi connectivity index (χ0v) is 11.0. The van der Waals surface area contributed by atoms with Gasteiger partial charge in [-0.1, -0.05) is 55.1 Å². The molecule has 0 fully saturated rings. The van der Waals surface area contributed by atoms with Crippen LogP contribution in [-0.2, 0) is 4.74 Å². The summed E-state index contributed by atoms with van der Waals surface area (Å²) < 4.78 is 5.12. The fourth-order valence-electron chi connectivity index (χ4n) is 1.90. The Morgan fingerprint density at radius 3 is 2.50 bits per heavy atom. The minimum absolute atomic E-state index is 0.0847. The normalized spacial score (nSPS) is 11.7.